The van der Waals surface area contributed by atoms with E-state index in [0.717, 1.165) is 5.56 Å². The Hall–Kier alpha value is -0.820. The van der Waals surface area contributed by atoms with Crippen LogP contribution in [-0.2, 0) is 0 Å². The predicted molar refractivity (Wildman–Crippen MR) is 69.8 cm³/mol. The fraction of sp³-hybridized carbons (Fsp3) is 0.600. The van der Waals surface area contributed by atoms with Crippen molar-refractivity contribution in [2.45, 2.75) is 54.6 Å². The van der Waals surface area contributed by atoms with E-state index in [0.29, 0.717) is 0 Å². The van der Waals surface area contributed by atoms with Gasteiger partial charge in [0.15, 0.2) is 0 Å². The van der Waals surface area contributed by atoms with Crippen molar-refractivity contribution in [1.82, 2.24) is 0 Å². The van der Waals surface area contributed by atoms with Crippen molar-refractivity contribution >= 4 is 0 Å². The molecule has 16 heavy (non-hydrogen) atoms. The van der Waals surface area contributed by atoms with Crippen molar-refractivity contribution in [1.29, 1.82) is 0 Å². The lowest BCUT2D eigenvalue weighted by molar-refractivity contribution is 0.0615. The van der Waals surface area contributed by atoms with E-state index >= 15 is 0 Å². The van der Waals surface area contributed by atoms with Gasteiger partial charge in [0.2, 0.25) is 0 Å². The number of aliphatic hydroxyl groups excluding tert-OH is 1. The Morgan fingerprint density at radius 1 is 0.938 bits per heavy atom. The van der Waals surface area contributed by atoms with Gasteiger partial charge in [-0.1, -0.05) is 26.8 Å². The zero-order valence-electron chi connectivity index (χ0n) is 11.6. The van der Waals surface area contributed by atoms with Gasteiger partial charge in [-0.25, -0.2) is 0 Å². The SMILES string of the molecule is Cc1cc(C)c(C)c(C(O)C(C)(C)C)c1C. The number of aliphatic hydroxyl groups is 1. The maximum atomic E-state index is 10.5. The van der Waals surface area contributed by atoms with Gasteiger partial charge in [-0.2, -0.15) is 0 Å². The van der Waals surface area contributed by atoms with Crippen molar-refractivity contribution in [2.75, 3.05) is 0 Å². The molecule has 0 radical (unpaired) electrons. The average molecular weight is 220 g/mol. The number of hydrogen-bond donors (Lipinski definition) is 1. The summed E-state index contributed by atoms with van der Waals surface area (Å²) >= 11 is 0. The Balaban J connectivity index is 3.44. The van der Waals surface area contributed by atoms with Gasteiger partial charge in [0.05, 0.1) is 6.10 Å². The molecule has 90 valence electrons. The summed E-state index contributed by atoms with van der Waals surface area (Å²) in [6, 6.07) is 2.20. The first-order valence-electron chi connectivity index (χ1n) is 5.91. The van der Waals surface area contributed by atoms with Crippen LogP contribution < -0.4 is 0 Å². The van der Waals surface area contributed by atoms with E-state index < -0.39 is 6.10 Å². The summed E-state index contributed by atoms with van der Waals surface area (Å²) in [5.41, 5.74) is 5.99. The summed E-state index contributed by atoms with van der Waals surface area (Å²) in [6.45, 7) is 14.7. The Morgan fingerprint density at radius 3 is 1.62 bits per heavy atom. The molecule has 1 unspecified atom stereocenters. The van der Waals surface area contributed by atoms with E-state index in [2.05, 4.69) is 54.5 Å². The lowest BCUT2D eigenvalue weighted by Gasteiger charge is -2.30. The van der Waals surface area contributed by atoms with Crippen LogP contribution in [0.15, 0.2) is 6.07 Å². The number of benzene rings is 1. The molecular formula is C15H24O. The third-order valence-corrected chi connectivity index (χ3v) is 3.52. The van der Waals surface area contributed by atoms with E-state index in [4.69, 9.17) is 0 Å². The smallest absolute Gasteiger partial charge is 0.0843 e. The summed E-state index contributed by atoms with van der Waals surface area (Å²) in [6.07, 6.45) is -0.397. The molecule has 0 aliphatic heterocycles. The Kier molecular flexibility index (Phi) is 3.49. The second-order valence-corrected chi connectivity index (χ2v) is 5.94. The highest BCUT2D eigenvalue weighted by Crippen LogP contribution is 2.37. The van der Waals surface area contributed by atoms with Gasteiger partial charge in [-0.05, 0) is 60.9 Å². The molecule has 0 aliphatic carbocycles. The van der Waals surface area contributed by atoms with Crippen LogP contribution in [-0.4, -0.2) is 5.11 Å². The van der Waals surface area contributed by atoms with Crippen LogP contribution in [0.25, 0.3) is 0 Å². The standard InChI is InChI=1S/C15H24O/c1-9-8-10(2)12(4)13(11(9)3)14(16)15(5,6)7/h8,14,16H,1-7H3. The molecule has 0 aromatic heterocycles. The van der Waals surface area contributed by atoms with Crippen molar-refractivity contribution < 1.29 is 5.11 Å². The molecule has 0 saturated carbocycles. The van der Waals surface area contributed by atoms with E-state index in [1.807, 2.05) is 0 Å². The minimum Gasteiger partial charge on any atom is -0.388 e. The fourth-order valence-corrected chi connectivity index (χ4v) is 2.09. The van der Waals surface area contributed by atoms with E-state index in [-0.39, 0.29) is 5.41 Å². The van der Waals surface area contributed by atoms with Gasteiger partial charge >= 0.3 is 0 Å². The number of hydrogen-bond acceptors (Lipinski definition) is 1. The zero-order chi connectivity index (χ0) is 12.7. The molecule has 1 atom stereocenters. The van der Waals surface area contributed by atoms with Crippen LogP contribution >= 0.6 is 0 Å². The molecule has 1 aromatic carbocycles. The van der Waals surface area contributed by atoms with E-state index in [9.17, 15) is 5.11 Å². The molecule has 0 fully saturated rings. The molecule has 0 saturated heterocycles. The highest BCUT2D eigenvalue weighted by molar-refractivity contribution is 5.45. The van der Waals surface area contributed by atoms with Crippen molar-refractivity contribution in [2.24, 2.45) is 5.41 Å². The topological polar surface area (TPSA) is 20.2 Å². The highest BCUT2D eigenvalue weighted by atomic mass is 16.3. The van der Waals surface area contributed by atoms with Gasteiger partial charge < -0.3 is 5.11 Å². The molecule has 0 aliphatic rings. The van der Waals surface area contributed by atoms with E-state index in [1.54, 1.807) is 0 Å². The average Bonchev–Trinajstić information content (AvgIpc) is 2.13. The highest BCUT2D eigenvalue weighted by Gasteiger charge is 2.27. The van der Waals surface area contributed by atoms with Crippen molar-refractivity contribution in [3.8, 4) is 0 Å². The minimum atomic E-state index is -0.397. The summed E-state index contributed by atoms with van der Waals surface area (Å²) in [4.78, 5) is 0. The molecule has 0 bridgehead atoms. The Bertz CT molecular complexity index is 371. The normalized spacial score (nSPS) is 14.0. The van der Waals surface area contributed by atoms with Crippen LogP contribution in [0, 0.1) is 33.1 Å². The van der Waals surface area contributed by atoms with Gasteiger partial charge in [0, 0.05) is 0 Å². The predicted octanol–water partition coefficient (Wildman–Crippen LogP) is 4.00. The minimum absolute atomic E-state index is 0.115. The first kappa shape index (κ1) is 13.2. The largest absolute Gasteiger partial charge is 0.388 e. The van der Waals surface area contributed by atoms with Gasteiger partial charge in [-0.3, -0.25) is 0 Å². The lowest BCUT2D eigenvalue weighted by Crippen LogP contribution is -2.20. The number of aryl methyl sites for hydroxylation is 2. The maximum absolute atomic E-state index is 10.5. The van der Waals surface area contributed by atoms with E-state index in [1.165, 1.54) is 22.3 Å². The molecule has 1 aromatic rings. The Labute approximate surface area is 99.5 Å². The summed E-state index contributed by atoms with van der Waals surface area (Å²) in [5.74, 6) is 0. The molecule has 1 nitrogen and oxygen atoms in total. The molecule has 0 amide bonds. The van der Waals surface area contributed by atoms with Gasteiger partial charge in [0.1, 0.15) is 0 Å². The summed E-state index contributed by atoms with van der Waals surface area (Å²) in [5, 5.41) is 10.5. The lowest BCUT2D eigenvalue weighted by atomic mass is 9.79. The monoisotopic (exact) mass is 220 g/mol. The van der Waals surface area contributed by atoms with Gasteiger partial charge in [-0.15, -0.1) is 0 Å². The quantitative estimate of drug-likeness (QED) is 0.758. The maximum Gasteiger partial charge on any atom is 0.0843 e. The zero-order valence-corrected chi connectivity index (χ0v) is 11.6. The number of rotatable bonds is 1. The Morgan fingerprint density at radius 2 is 1.31 bits per heavy atom. The van der Waals surface area contributed by atoms with Crippen LogP contribution in [0.5, 0.6) is 0 Å². The van der Waals surface area contributed by atoms with Crippen LogP contribution in [0.4, 0.5) is 0 Å². The first-order chi connectivity index (χ1) is 7.16. The third-order valence-electron chi connectivity index (χ3n) is 3.52. The molecule has 0 heterocycles. The van der Waals surface area contributed by atoms with Crippen LogP contribution in [0.2, 0.25) is 0 Å². The molecule has 1 N–H and O–H groups in total. The van der Waals surface area contributed by atoms with Crippen LogP contribution in [0.3, 0.4) is 0 Å². The second kappa shape index (κ2) is 4.21. The van der Waals surface area contributed by atoms with Crippen molar-refractivity contribution in [3.05, 3.63) is 33.9 Å². The fourth-order valence-electron chi connectivity index (χ4n) is 2.09. The molecule has 1 rings (SSSR count). The molecule has 1 heteroatoms. The first-order valence-corrected chi connectivity index (χ1v) is 5.91. The van der Waals surface area contributed by atoms with Crippen molar-refractivity contribution in [3.63, 3.8) is 0 Å². The second-order valence-electron chi connectivity index (χ2n) is 5.94. The van der Waals surface area contributed by atoms with Crippen LogP contribution in [0.1, 0.15) is 54.7 Å². The summed E-state index contributed by atoms with van der Waals surface area (Å²) < 4.78 is 0. The summed E-state index contributed by atoms with van der Waals surface area (Å²) in [7, 11) is 0. The molecule has 0 spiro atoms. The molecular weight excluding hydrogens is 196 g/mol. The van der Waals surface area contributed by atoms with Gasteiger partial charge in [0.25, 0.3) is 0 Å². The third kappa shape index (κ3) is 2.30.